The predicted molar refractivity (Wildman–Crippen MR) is 87.6 cm³/mol. The normalized spacial score (nSPS) is 12.3. The molecule has 0 saturated heterocycles. The first-order chi connectivity index (χ1) is 11.5. The van der Waals surface area contributed by atoms with E-state index in [1.807, 2.05) is 19.1 Å². The fourth-order valence-corrected chi connectivity index (χ4v) is 2.51. The summed E-state index contributed by atoms with van der Waals surface area (Å²) in [5.74, 6) is -2.86. The lowest BCUT2D eigenvalue weighted by molar-refractivity contribution is -0.124. The van der Waals surface area contributed by atoms with Gasteiger partial charge in [0.2, 0.25) is 0 Å². The summed E-state index contributed by atoms with van der Waals surface area (Å²) in [7, 11) is 0. The Morgan fingerprint density at radius 3 is 2.67 bits per heavy atom. The highest BCUT2D eigenvalue weighted by Gasteiger charge is 2.19. The van der Waals surface area contributed by atoms with Crippen LogP contribution in [0, 0.1) is 11.6 Å². The third-order valence-corrected chi connectivity index (χ3v) is 3.83. The minimum absolute atomic E-state index is 0.0117. The molecule has 0 spiro atoms. The molecule has 1 amide bonds. The number of carbonyl (C=O) groups excluding carboxylic acids is 1. The summed E-state index contributed by atoms with van der Waals surface area (Å²) in [5, 5.41) is 13.5. The van der Waals surface area contributed by atoms with Crippen LogP contribution in [0.15, 0.2) is 42.5 Å². The van der Waals surface area contributed by atoms with E-state index in [-0.39, 0.29) is 5.56 Å². The van der Waals surface area contributed by atoms with Crippen LogP contribution in [0.3, 0.4) is 0 Å². The van der Waals surface area contributed by atoms with Gasteiger partial charge in [0.15, 0.2) is 17.7 Å². The van der Waals surface area contributed by atoms with Gasteiger partial charge in [-0.25, -0.2) is 8.78 Å². The van der Waals surface area contributed by atoms with Gasteiger partial charge in [-0.3, -0.25) is 4.79 Å². The molecule has 4 nitrogen and oxygen atoms in total. The molecule has 1 unspecified atom stereocenters. The van der Waals surface area contributed by atoms with E-state index < -0.39 is 23.6 Å². The Kier molecular flexibility index (Phi) is 4.31. The molecule has 0 saturated carbocycles. The molecule has 1 aromatic heterocycles. The molecule has 0 aliphatic heterocycles. The van der Waals surface area contributed by atoms with Crippen LogP contribution < -0.4 is 5.32 Å². The number of benzene rings is 2. The number of aromatic amines is 1. The average Bonchev–Trinajstić information content (AvgIpc) is 2.99. The zero-order chi connectivity index (χ0) is 17.3. The first kappa shape index (κ1) is 16.1. The highest BCUT2D eigenvalue weighted by atomic mass is 19.2. The Morgan fingerprint density at radius 2 is 1.96 bits per heavy atom. The van der Waals surface area contributed by atoms with Crippen molar-refractivity contribution in [1.82, 2.24) is 4.98 Å². The number of rotatable bonds is 4. The number of hydrogen-bond acceptors (Lipinski definition) is 2. The maximum Gasteiger partial charge on any atom is 0.257 e. The summed E-state index contributed by atoms with van der Waals surface area (Å²) in [4.78, 5) is 15.4. The third-order valence-electron chi connectivity index (χ3n) is 3.83. The number of H-pyrrole nitrogens is 1. The number of nitrogens with one attached hydrogen (secondary N) is 2. The molecule has 0 aliphatic carbocycles. The van der Waals surface area contributed by atoms with Crippen molar-refractivity contribution in [2.75, 3.05) is 5.32 Å². The lowest BCUT2D eigenvalue weighted by Crippen LogP contribution is -2.21. The largest absolute Gasteiger partial charge is 0.378 e. The number of halogens is 2. The van der Waals surface area contributed by atoms with Crippen molar-refractivity contribution >= 4 is 22.5 Å². The van der Waals surface area contributed by atoms with Crippen LogP contribution in [0.1, 0.15) is 24.3 Å². The number of hydrogen-bond donors (Lipinski definition) is 3. The van der Waals surface area contributed by atoms with Crippen LogP contribution in [-0.2, 0) is 11.2 Å². The van der Waals surface area contributed by atoms with Crippen molar-refractivity contribution in [2.24, 2.45) is 0 Å². The highest BCUT2D eigenvalue weighted by molar-refractivity contribution is 5.96. The van der Waals surface area contributed by atoms with Crippen molar-refractivity contribution in [3.05, 3.63) is 65.4 Å². The molecule has 24 heavy (non-hydrogen) atoms. The Balaban J connectivity index is 1.79. The maximum absolute atomic E-state index is 13.2. The predicted octanol–water partition coefficient (Wildman–Crippen LogP) is 3.68. The molecule has 6 heteroatoms. The van der Waals surface area contributed by atoms with Crippen LogP contribution in [-0.4, -0.2) is 16.0 Å². The Morgan fingerprint density at radius 1 is 1.17 bits per heavy atom. The number of aryl methyl sites for hydroxylation is 1. The molecule has 0 fully saturated rings. The SMILES string of the molecule is CCc1cc2cc(NC(=O)C(O)c3ccc(F)c(F)c3)ccc2[nH]1. The van der Waals surface area contributed by atoms with E-state index in [1.54, 1.807) is 12.1 Å². The zero-order valence-electron chi connectivity index (χ0n) is 12.9. The lowest BCUT2D eigenvalue weighted by atomic mass is 10.1. The summed E-state index contributed by atoms with van der Waals surface area (Å²) in [6.45, 7) is 2.03. The number of amides is 1. The molecule has 3 aromatic rings. The number of aliphatic hydroxyl groups excluding tert-OH is 1. The summed E-state index contributed by atoms with van der Waals surface area (Å²) in [6, 6.07) is 10.1. The molecule has 1 heterocycles. The zero-order valence-corrected chi connectivity index (χ0v) is 12.9. The maximum atomic E-state index is 13.2. The second-order valence-corrected chi connectivity index (χ2v) is 5.52. The van der Waals surface area contributed by atoms with Crippen molar-refractivity contribution in [3.63, 3.8) is 0 Å². The van der Waals surface area contributed by atoms with Gasteiger partial charge in [-0.2, -0.15) is 0 Å². The molecular weight excluding hydrogens is 314 g/mol. The Hall–Kier alpha value is -2.73. The first-order valence-electron chi connectivity index (χ1n) is 7.53. The second kappa shape index (κ2) is 6.41. The van der Waals surface area contributed by atoms with E-state index >= 15 is 0 Å². The van der Waals surface area contributed by atoms with Gasteiger partial charge >= 0.3 is 0 Å². The molecule has 0 radical (unpaired) electrons. The standard InChI is InChI=1S/C18H16F2N2O2/c1-2-12-7-11-8-13(4-6-16(11)21-12)22-18(24)17(23)10-3-5-14(19)15(20)9-10/h3-9,17,21,23H,2H2,1H3,(H,22,24). The van der Waals surface area contributed by atoms with E-state index in [1.165, 1.54) is 6.07 Å². The molecule has 2 aromatic carbocycles. The van der Waals surface area contributed by atoms with Crippen LogP contribution in [0.4, 0.5) is 14.5 Å². The number of anilines is 1. The van der Waals surface area contributed by atoms with Crippen molar-refractivity contribution in [2.45, 2.75) is 19.4 Å². The minimum atomic E-state index is -1.59. The number of aromatic nitrogens is 1. The number of aliphatic hydroxyl groups is 1. The average molecular weight is 330 g/mol. The second-order valence-electron chi connectivity index (χ2n) is 5.52. The lowest BCUT2D eigenvalue weighted by Gasteiger charge is -2.12. The molecule has 3 N–H and O–H groups in total. The van der Waals surface area contributed by atoms with Gasteiger partial charge in [-0.1, -0.05) is 13.0 Å². The van der Waals surface area contributed by atoms with Crippen LogP contribution in [0.2, 0.25) is 0 Å². The summed E-state index contributed by atoms with van der Waals surface area (Å²) in [5.41, 5.74) is 2.53. The summed E-state index contributed by atoms with van der Waals surface area (Å²) < 4.78 is 26.1. The van der Waals surface area contributed by atoms with Crippen molar-refractivity contribution < 1.29 is 18.7 Å². The number of fused-ring (bicyclic) bond motifs is 1. The van der Waals surface area contributed by atoms with E-state index in [4.69, 9.17) is 0 Å². The fourth-order valence-electron chi connectivity index (χ4n) is 2.51. The summed E-state index contributed by atoms with van der Waals surface area (Å²) >= 11 is 0. The molecule has 0 aliphatic rings. The Bertz CT molecular complexity index is 905. The third kappa shape index (κ3) is 3.14. The van der Waals surface area contributed by atoms with E-state index in [2.05, 4.69) is 10.3 Å². The monoisotopic (exact) mass is 330 g/mol. The van der Waals surface area contributed by atoms with Gasteiger partial charge in [-0.15, -0.1) is 0 Å². The smallest absolute Gasteiger partial charge is 0.257 e. The van der Waals surface area contributed by atoms with Crippen LogP contribution in [0.5, 0.6) is 0 Å². The number of carbonyl (C=O) groups is 1. The van der Waals surface area contributed by atoms with E-state index in [0.717, 1.165) is 35.2 Å². The van der Waals surface area contributed by atoms with Crippen molar-refractivity contribution in [1.29, 1.82) is 0 Å². The molecule has 0 bridgehead atoms. The van der Waals surface area contributed by atoms with Crippen molar-refractivity contribution in [3.8, 4) is 0 Å². The Labute approximate surface area is 137 Å². The topological polar surface area (TPSA) is 65.1 Å². The minimum Gasteiger partial charge on any atom is -0.378 e. The fraction of sp³-hybridized carbons (Fsp3) is 0.167. The van der Waals surface area contributed by atoms with Gasteiger partial charge in [-0.05, 0) is 48.4 Å². The van der Waals surface area contributed by atoms with Gasteiger partial charge in [0, 0.05) is 22.3 Å². The molecule has 124 valence electrons. The van der Waals surface area contributed by atoms with Crippen LogP contribution >= 0.6 is 0 Å². The summed E-state index contributed by atoms with van der Waals surface area (Å²) in [6.07, 6.45) is -0.723. The van der Waals surface area contributed by atoms with Gasteiger partial charge in [0.05, 0.1) is 0 Å². The van der Waals surface area contributed by atoms with Gasteiger partial charge in [0.1, 0.15) is 0 Å². The highest BCUT2D eigenvalue weighted by Crippen LogP contribution is 2.22. The molecule has 3 rings (SSSR count). The van der Waals surface area contributed by atoms with E-state index in [0.29, 0.717) is 5.69 Å². The van der Waals surface area contributed by atoms with Gasteiger partial charge in [0.25, 0.3) is 5.91 Å². The first-order valence-corrected chi connectivity index (χ1v) is 7.53. The van der Waals surface area contributed by atoms with Gasteiger partial charge < -0.3 is 15.4 Å². The van der Waals surface area contributed by atoms with E-state index in [9.17, 15) is 18.7 Å². The molecule has 1 atom stereocenters. The quantitative estimate of drug-likeness (QED) is 0.683. The van der Waals surface area contributed by atoms with Crippen LogP contribution in [0.25, 0.3) is 10.9 Å². The molecular formula is C18H16F2N2O2.